The van der Waals surface area contributed by atoms with Crippen molar-refractivity contribution in [2.75, 3.05) is 13.7 Å². The predicted molar refractivity (Wildman–Crippen MR) is 213 cm³/mol. The van der Waals surface area contributed by atoms with Gasteiger partial charge in [-0.05, 0) is 87.7 Å². The van der Waals surface area contributed by atoms with Crippen molar-refractivity contribution in [3.8, 4) is 11.6 Å². The first kappa shape index (κ1) is 41.4. The minimum Gasteiger partial charge on any atom is -0.497 e. The lowest BCUT2D eigenvalue weighted by molar-refractivity contribution is -0.154. The van der Waals surface area contributed by atoms with E-state index in [4.69, 9.17) is 24.2 Å². The van der Waals surface area contributed by atoms with Crippen LogP contribution >= 0.6 is 0 Å². The Morgan fingerprint density at radius 2 is 1.77 bits per heavy atom. The number of nitrogens with zero attached hydrogens (tertiary/aromatic N) is 3. The van der Waals surface area contributed by atoms with Crippen molar-refractivity contribution in [3.63, 3.8) is 0 Å². The lowest BCUT2D eigenvalue weighted by Gasteiger charge is -2.35. The molecule has 1 aromatic carbocycles. The molecule has 8 atom stereocenters. The van der Waals surface area contributed by atoms with Crippen molar-refractivity contribution in [1.82, 2.24) is 19.6 Å². The van der Waals surface area contributed by atoms with Gasteiger partial charge in [0.05, 0.1) is 53.2 Å². The molecule has 3 aliphatic carbocycles. The number of carbonyl (C=O) groups is 4. The summed E-state index contributed by atoms with van der Waals surface area (Å²) in [5.74, 6) is -1.94. The van der Waals surface area contributed by atoms with Crippen LogP contribution in [0, 0.1) is 34.5 Å². The summed E-state index contributed by atoms with van der Waals surface area (Å²) in [7, 11) is -2.34. The summed E-state index contributed by atoms with van der Waals surface area (Å²) >= 11 is 0. The number of rotatable bonds is 9. The van der Waals surface area contributed by atoms with Gasteiger partial charge >= 0.3 is 5.97 Å². The average Bonchev–Trinajstić information content (AvgIpc) is 4.11. The largest absolute Gasteiger partial charge is 0.497 e. The summed E-state index contributed by atoms with van der Waals surface area (Å²) in [4.78, 5) is 68.9. The number of methoxy groups -OCH3 is 1. The van der Waals surface area contributed by atoms with Crippen LogP contribution in [0.4, 0.5) is 0 Å². The minimum atomic E-state index is -3.93. The van der Waals surface area contributed by atoms with Gasteiger partial charge in [-0.3, -0.25) is 23.9 Å². The summed E-state index contributed by atoms with van der Waals surface area (Å²) in [6.45, 7) is 11.3. The first-order valence-electron chi connectivity index (χ1n) is 21.0. The number of amides is 2. The molecular weight excluding hydrogens is 749 g/mol. The van der Waals surface area contributed by atoms with Gasteiger partial charge in [-0.15, -0.1) is 0 Å². The fourth-order valence-electron chi connectivity index (χ4n) is 9.30. The molecular formula is C43H60N4O9S. The van der Waals surface area contributed by atoms with Crippen LogP contribution in [0.2, 0.25) is 0 Å². The van der Waals surface area contributed by atoms with Gasteiger partial charge in [0, 0.05) is 18.4 Å². The molecule has 1 saturated heterocycles. The number of aromatic nitrogens is 2. The van der Waals surface area contributed by atoms with Gasteiger partial charge in [-0.1, -0.05) is 53.9 Å². The van der Waals surface area contributed by atoms with Crippen molar-refractivity contribution in [2.45, 2.75) is 148 Å². The number of carbonyl (C=O) groups excluding carboxylic acids is 4. The SMILES string of the molecule is CC[C@@H]1[C@@H]2CN(C(=O)[C@H](C(C)(C)C)CC(=O)O[C@@H]3C[C@H]3CCCCCc3nc4ccc(OC)cc4nc3O2)[C@@H]1C(=O)C[C@]1(C(=O)NS(=O)(=O)C2(C)CC2)C[C@H]1CC. The number of esters is 1. The first-order chi connectivity index (χ1) is 26.9. The molecule has 0 spiro atoms. The molecule has 0 unspecified atom stereocenters. The van der Waals surface area contributed by atoms with E-state index in [2.05, 4.69) is 4.72 Å². The van der Waals surface area contributed by atoms with E-state index in [-0.39, 0.29) is 43.1 Å². The Morgan fingerprint density at radius 1 is 1.02 bits per heavy atom. The zero-order chi connectivity index (χ0) is 41.1. The molecule has 5 aliphatic rings. The Balaban J connectivity index is 1.26. The third-order valence-electron chi connectivity index (χ3n) is 13.7. The van der Waals surface area contributed by atoms with Gasteiger partial charge in [0.2, 0.25) is 27.7 Å². The van der Waals surface area contributed by atoms with E-state index >= 15 is 0 Å². The van der Waals surface area contributed by atoms with Gasteiger partial charge < -0.3 is 19.1 Å². The molecule has 4 fully saturated rings. The van der Waals surface area contributed by atoms with E-state index in [1.807, 2.05) is 46.8 Å². The number of nitrogens with one attached hydrogen (secondary N) is 1. The van der Waals surface area contributed by atoms with Crippen LogP contribution in [-0.4, -0.2) is 83.5 Å². The van der Waals surface area contributed by atoms with Crippen LogP contribution in [0.1, 0.15) is 124 Å². The van der Waals surface area contributed by atoms with Gasteiger partial charge in [-0.25, -0.2) is 18.4 Å². The van der Waals surface area contributed by atoms with E-state index < -0.39 is 61.5 Å². The van der Waals surface area contributed by atoms with Gasteiger partial charge in [0.1, 0.15) is 23.7 Å². The van der Waals surface area contributed by atoms with Crippen molar-refractivity contribution >= 4 is 44.6 Å². The van der Waals surface area contributed by atoms with Crippen LogP contribution in [0.3, 0.4) is 0 Å². The highest BCUT2D eigenvalue weighted by Gasteiger charge is 2.63. The van der Waals surface area contributed by atoms with Crippen LogP contribution in [0.25, 0.3) is 11.0 Å². The highest BCUT2D eigenvalue weighted by molar-refractivity contribution is 7.91. The number of benzene rings is 1. The fourth-order valence-corrected chi connectivity index (χ4v) is 10.6. The lowest BCUT2D eigenvalue weighted by Crippen LogP contribution is -2.50. The number of ether oxygens (including phenoxy) is 3. The molecule has 0 radical (unpaired) electrons. The molecule has 7 rings (SSSR count). The quantitative estimate of drug-likeness (QED) is 0.291. The van der Waals surface area contributed by atoms with Crippen LogP contribution < -0.4 is 14.2 Å². The normalized spacial score (nSPS) is 31.5. The standard InChI is InChI=1S/C43H60N4O9S/c1-8-26-22-43(26,40(51)46-57(52,53)42(6)17-18-42)23-33(48)37-28(9-2)35-24-47(37)39(50)29(41(3,4)5)21-36(49)55-34-19-25(34)13-11-10-12-14-31-38(56-35)45-32-20-27(54-7)15-16-30(32)44-31/h15-16,20,25-26,28-29,34-35,37H,8-14,17-19,21-24H2,1-7H3,(H,46,51)/t25-,26-,28-,29-,34-,35+,37+,43-/m1/s1. The fraction of sp³-hybridized carbons (Fsp3) is 0.721. The second-order valence-electron chi connectivity index (χ2n) is 18.7. The number of sulfonamides is 1. The Kier molecular flexibility index (Phi) is 11.2. The van der Waals surface area contributed by atoms with Gasteiger partial charge in [0.25, 0.3) is 0 Å². The zero-order valence-electron chi connectivity index (χ0n) is 34.6. The maximum absolute atomic E-state index is 15.0. The molecule has 2 amide bonds. The maximum atomic E-state index is 15.0. The summed E-state index contributed by atoms with van der Waals surface area (Å²) in [6, 6.07) is 4.54. The van der Waals surface area contributed by atoms with Crippen molar-refractivity contribution < 1.29 is 41.8 Å². The van der Waals surface area contributed by atoms with Crippen LogP contribution in [-0.2, 0) is 40.4 Å². The van der Waals surface area contributed by atoms with Crippen LogP contribution in [0.15, 0.2) is 18.2 Å². The van der Waals surface area contributed by atoms with E-state index in [9.17, 15) is 27.6 Å². The molecule has 57 heavy (non-hydrogen) atoms. The Morgan fingerprint density at radius 3 is 2.42 bits per heavy atom. The van der Waals surface area contributed by atoms with Crippen molar-refractivity contribution in [3.05, 3.63) is 23.9 Å². The summed E-state index contributed by atoms with van der Waals surface area (Å²) in [5.41, 5.74) is 0.132. The maximum Gasteiger partial charge on any atom is 0.306 e. The van der Waals surface area contributed by atoms with Crippen molar-refractivity contribution in [2.24, 2.45) is 34.5 Å². The second kappa shape index (κ2) is 15.4. The number of hydrogen-bond acceptors (Lipinski definition) is 11. The van der Waals surface area contributed by atoms with E-state index in [1.165, 1.54) is 0 Å². The Hall–Kier alpha value is -3.81. The number of Topliss-reactive ketones (excluding diaryl/α,β-unsaturated/α-hetero) is 1. The Bertz CT molecular complexity index is 2030. The first-order valence-corrected chi connectivity index (χ1v) is 22.5. The van der Waals surface area contributed by atoms with E-state index in [0.717, 1.165) is 32.1 Å². The number of aryl methyl sites for hydroxylation is 1. The predicted octanol–water partition coefficient (Wildman–Crippen LogP) is 6.10. The molecule has 2 aliphatic heterocycles. The number of ketones is 1. The highest BCUT2D eigenvalue weighted by atomic mass is 32.2. The smallest absolute Gasteiger partial charge is 0.306 e. The minimum absolute atomic E-state index is 0.0560. The summed E-state index contributed by atoms with van der Waals surface area (Å²) < 4.78 is 46.0. The molecule has 2 aromatic rings. The lowest BCUT2D eigenvalue weighted by atomic mass is 9.77. The van der Waals surface area contributed by atoms with E-state index in [0.29, 0.717) is 72.8 Å². The molecule has 312 valence electrons. The van der Waals surface area contributed by atoms with Crippen molar-refractivity contribution in [1.29, 1.82) is 0 Å². The molecule has 2 bridgehead atoms. The molecule has 1 N–H and O–H groups in total. The molecule has 14 heteroatoms. The molecule has 3 heterocycles. The van der Waals surface area contributed by atoms with E-state index in [1.54, 1.807) is 25.0 Å². The van der Waals surface area contributed by atoms with Gasteiger partial charge in [-0.2, -0.15) is 0 Å². The third-order valence-corrected chi connectivity index (χ3v) is 15.8. The highest BCUT2D eigenvalue weighted by Crippen LogP contribution is 2.58. The zero-order valence-corrected chi connectivity index (χ0v) is 35.4. The summed E-state index contributed by atoms with van der Waals surface area (Å²) in [5, 5.41) is 0. The summed E-state index contributed by atoms with van der Waals surface area (Å²) in [6.07, 6.45) is 6.39. The second-order valence-corrected chi connectivity index (χ2v) is 20.9. The Labute approximate surface area is 336 Å². The topological polar surface area (TPSA) is 171 Å². The monoisotopic (exact) mass is 808 g/mol. The third kappa shape index (κ3) is 8.26. The number of hydrogen-bond donors (Lipinski definition) is 1. The average molecular weight is 809 g/mol. The molecule has 1 aromatic heterocycles. The molecule has 3 saturated carbocycles. The number of fused-ring (bicyclic) bond motifs is 5. The molecule has 13 nitrogen and oxygen atoms in total. The van der Waals surface area contributed by atoms with Gasteiger partial charge in [0.15, 0.2) is 5.78 Å². The van der Waals surface area contributed by atoms with Crippen LogP contribution in [0.5, 0.6) is 11.6 Å².